The maximum absolute atomic E-state index is 12.3. The molecule has 24 heteroatoms. The molecule has 2 rings (SSSR count). The molecule has 0 spiro atoms. The summed E-state index contributed by atoms with van der Waals surface area (Å²) in [5, 5.41) is 216. The maximum Gasteiger partial charge on any atom is 0.261 e. The second kappa shape index (κ2) is 36.1. The summed E-state index contributed by atoms with van der Waals surface area (Å²) in [4.78, 5) is 25.8. The van der Waals surface area contributed by atoms with Crippen molar-refractivity contribution in [2.45, 2.75) is 286 Å². The monoisotopic (exact) mass is 1190 g/mol. The molecule has 2 aliphatic heterocycles. The van der Waals surface area contributed by atoms with Crippen LogP contribution in [0.15, 0.2) is 23.0 Å². The van der Waals surface area contributed by atoms with Crippen molar-refractivity contribution >= 4 is 11.7 Å². The molecule has 82 heavy (non-hydrogen) atoms. The average molecular weight is 1190 g/mol. The average Bonchev–Trinajstić information content (AvgIpc) is 3.84. The molecule has 20 N–H and O–H groups in total. The van der Waals surface area contributed by atoms with E-state index < -0.39 is 183 Å². The Bertz CT molecular complexity index is 1920. The van der Waals surface area contributed by atoms with E-state index in [1.807, 2.05) is 13.8 Å². The summed E-state index contributed by atoms with van der Waals surface area (Å²) >= 11 is 0. The fourth-order valence-electron chi connectivity index (χ4n) is 11.4. The number of aliphatic hydroxyl groups is 20. The third kappa shape index (κ3) is 23.4. The van der Waals surface area contributed by atoms with Crippen LogP contribution in [0.5, 0.6) is 0 Å². The van der Waals surface area contributed by atoms with E-state index in [9.17, 15) is 112 Å². The molecule has 2 fully saturated rings. The van der Waals surface area contributed by atoms with Crippen LogP contribution < -0.4 is 0 Å². The Morgan fingerprint density at radius 1 is 0.573 bits per heavy atom. The Kier molecular flexibility index (Phi) is 33.3. The zero-order valence-electron chi connectivity index (χ0n) is 49.5. The molecule has 0 aromatic carbocycles. The van der Waals surface area contributed by atoms with Crippen LogP contribution >= 0.6 is 0 Å². The number of ether oxygens (including phenoxy) is 1. The van der Waals surface area contributed by atoms with Gasteiger partial charge < -0.3 is 112 Å². The molecule has 24 nitrogen and oxygen atoms in total. The molecule has 2 heterocycles. The van der Waals surface area contributed by atoms with Crippen LogP contribution in [-0.2, 0) is 14.3 Å². The third-order valence-corrected chi connectivity index (χ3v) is 17.0. The SMILES string of the molecule is CCCCCCCCCC[C@@H](O)C[C@]1(O)O[C@H](C[C@H](O)[C@@H](O)[C@@H](O)[C@H](O)[C@H](O)C[C@H](O)C[C@H](O)C[C@H](O)C[C@H](O)[C@@H](C)[C@H](O)[C@@H](C)[C@H](O)C[C@@H](O)[C@H](C)[C@@H](O)[C@H](O)C[C@H](C)C[C@H](C)/C=C(C)/C(O)=C2\C(=O)CN(C)C2=O)[C@@H](O)[C@H](O)[C@@H]1O. The highest BCUT2D eigenvalue weighted by Crippen LogP contribution is 2.36. The molecule has 0 aliphatic carbocycles. The molecular weight excluding hydrogens is 1080 g/mol. The molecule has 0 radical (unpaired) electrons. The Balaban J connectivity index is 1.83. The van der Waals surface area contributed by atoms with Crippen LogP contribution in [0.3, 0.4) is 0 Å². The van der Waals surface area contributed by atoms with E-state index in [1.54, 1.807) is 13.0 Å². The molecule has 2 saturated heterocycles. The highest BCUT2D eigenvalue weighted by molar-refractivity contribution is 6.25. The number of ketones is 1. The minimum Gasteiger partial charge on any atom is -0.507 e. The topological polar surface area (TPSA) is 451 Å². The Hall–Kier alpha value is -2.38. The minimum atomic E-state index is -2.59. The summed E-state index contributed by atoms with van der Waals surface area (Å²) in [6, 6.07) is 0. The number of nitrogens with zero attached hydrogens (tertiary/aromatic N) is 1. The number of carbonyl (C=O) groups excluding carboxylic acids is 2. The van der Waals surface area contributed by atoms with Crippen LogP contribution in [-0.4, -0.2) is 254 Å². The molecule has 1 amide bonds. The van der Waals surface area contributed by atoms with Gasteiger partial charge in [0.2, 0.25) is 0 Å². The van der Waals surface area contributed by atoms with E-state index in [0.29, 0.717) is 18.4 Å². The van der Waals surface area contributed by atoms with Crippen molar-refractivity contribution in [1.29, 1.82) is 0 Å². The molecule has 25 atom stereocenters. The molecule has 0 bridgehead atoms. The number of hydrogen-bond donors (Lipinski definition) is 20. The largest absolute Gasteiger partial charge is 0.507 e. The smallest absolute Gasteiger partial charge is 0.261 e. The molecular formula is C58H107NO23. The van der Waals surface area contributed by atoms with E-state index in [0.717, 1.165) is 38.5 Å². The normalized spacial score (nSPS) is 28.3. The first-order valence-corrected chi connectivity index (χ1v) is 29.7. The molecule has 0 aromatic rings. The number of amides is 1. The van der Waals surface area contributed by atoms with E-state index in [-0.39, 0.29) is 55.4 Å². The minimum absolute atomic E-state index is 0.120. The number of allylic oxidation sites excluding steroid dienone is 2. The van der Waals surface area contributed by atoms with Gasteiger partial charge >= 0.3 is 0 Å². The van der Waals surface area contributed by atoms with Crippen LogP contribution in [0.4, 0.5) is 0 Å². The summed E-state index contributed by atoms with van der Waals surface area (Å²) < 4.78 is 5.50. The number of likely N-dealkylation sites (N-methyl/N-ethyl adjacent to an activating group) is 1. The lowest BCUT2D eigenvalue weighted by Crippen LogP contribution is -2.65. The number of aliphatic hydroxyl groups excluding tert-OH is 19. The van der Waals surface area contributed by atoms with Gasteiger partial charge in [-0.15, -0.1) is 0 Å². The summed E-state index contributed by atoms with van der Waals surface area (Å²) in [6.07, 6.45) is -25.5. The zero-order chi connectivity index (χ0) is 62.7. The fourth-order valence-corrected chi connectivity index (χ4v) is 11.4. The van der Waals surface area contributed by atoms with Crippen LogP contribution in [0, 0.1) is 29.6 Å². The van der Waals surface area contributed by atoms with Crippen LogP contribution in [0.25, 0.3) is 0 Å². The second-order valence-corrected chi connectivity index (χ2v) is 24.6. The lowest BCUT2D eigenvalue weighted by molar-refractivity contribution is -0.356. The number of hydrogen-bond acceptors (Lipinski definition) is 23. The number of Topliss-reactive ketones (excluding diaryl/α,β-unsaturated/α-hetero) is 1. The molecule has 0 aromatic heterocycles. The summed E-state index contributed by atoms with van der Waals surface area (Å²) in [5.41, 5.74) is 0.0812. The summed E-state index contributed by atoms with van der Waals surface area (Å²) in [7, 11) is 1.46. The highest BCUT2D eigenvalue weighted by Gasteiger charge is 2.54. The first-order valence-electron chi connectivity index (χ1n) is 29.7. The molecule has 2 aliphatic rings. The molecule has 0 saturated carbocycles. The van der Waals surface area contributed by atoms with E-state index >= 15 is 0 Å². The van der Waals surface area contributed by atoms with E-state index in [4.69, 9.17) is 4.74 Å². The number of likely N-dealkylation sites (tertiary alicyclic amines) is 1. The quantitative estimate of drug-likeness (QED) is 0.0145. The van der Waals surface area contributed by atoms with Gasteiger partial charge in [-0.2, -0.15) is 0 Å². The number of carbonyl (C=O) groups is 2. The van der Waals surface area contributed by atoms with Gasteiger partial charge in [-0.25, -0.2) is 0 Å². The first kappa shape index (κ1) is 75.7. The molecule has 0 unspecified atom stereocenters. The van der Waals surface area contributed by atoms with Crippen LogP contribution in [0.2, 0.25) is 0 Å². The van der Waals surface area contributed by atoms with Gasteiger partial charge in [0.25, 0.3) is 5.91 Å². The van der Waals surface area contributed by atoms with Crippen LogP contribution in [0.1, 0.15) is 164 Å². The lowest BCUT2D eigenvalue weighted by atomic mass is 9.80. The Morgan fingerprint density at radius 3 is 1.56 bits per heavy atom. The van der Waals surface area contributed by atoms with Gasteiger partial charge in [0.1, 0.15) is 48.0 Å². The second-order valence-electron chi connectivity index (χ2n) is 24.6. The van der Waals surface area contributed by atoms with E-state index in [1.165, 1.54) is 39.1 Å². The summed E-state index contributed by atoms with van der Waals surface area (Å²) in [6.45, 7) is 11.7. The predicted octanol–water partition coefficient (Wildman–Crippen LogP) is -1.41. The fraction of sp³-hybridized carbons (Fsp3) is 0.897. The third-order valence-electron chi connectivity index (χ3n) is 17.0. The Morgan fingerprint density at radius 2 is 1.04 bits per heavy atom. The van der Waals surface area contributed by atoms with Crippen molar-refractivity contribution in [3.8, 4) is 0 Å². The van der Waals surface area contributed by atoms with E-state index in [2.05, 4.69) is 6.92 Å². The van der Waals surface area contributed by atoms with Gasteiger partial charge in [-0.05, 0) is 69.3 Å². The zero-order valence-corrected chi connectivity index (χ0v) is 49.5. The number of unbranched alkanes of at least 4 members (excludes halogenated alkanes) is 7. The van der Waals surface area contributed by atoms with Gasteiger partial charge in [0.15, 0.2) is 11.6 Å². The van der Waals surface area contributed by atoms with Crippen molar-refractivity contribution in [2.75, 3.05) is 13.6 Å². The van der Waals surface area contributed by atoms with Crippen molar-refractivity contribution in [2.24, 2.45) is 29.6 Å². The lowest BCUT2D eigenvalue weighted by Gasteiger charge is -2.47. The molecule has 482 valence electrons. The van der Waals surface area contributed by atoms with Crippen molar-refractivity contribution in [1.82, 2.24) is 4.90 Å². The Labute approximate surface area is 483 Å². The van der Waals surface area contributed by atoms with Gasteiger partial charge in [-0.3, -0.25) is 9.59 Å². The van der Waals surface area contributed by atoms with Crippen molar-refractivity contribution < 1.29 is 116 Å². The van der Waals surface area contributed by atoms with Crippen molar-refractivity contribution in [3.05, 3.63) is 23.0 Å². The first-order chi connectivity index (χ1) is 38.1. The van der Waals surface area contributed by atoms with Crippen molar-refractivity contribution in [3.63, 3.8) is 0 Å². The summed E-state index contributed by atoms with van der Waals surface area (Å²) in [5.74, 6) is -7.23. The predicted molar refractivity (Wildman–Crippen MR) is 299 cm³/mol. The number of rotatable bonds is 40. The highest BCUT2D eigenvalue weighted by atomic mass is 16.7. The van der Waals surface area contributed by atoms with Gasteiger partial charge in [-0.1, -0.05) is 99.0 Å². The van der Waals surface area contributed by atoms with Gasteiger partial charge in [0.05, 0.1) is 85.9 Å². The maximum atomic E-state index is 12.3. The standard InChI is InChI=1S/C58H107NO23/c1-9-10-11-12-13-14-15-16-17-35(60)27-58(81)56(79)55(78)53(76)46(82-58)26-44(69)52(75)54(77)51(74)43(68)24-38(63)22-36(61)21-37(62)23-39(64)32(5)49(72)33(6)40(65)25-41(66)34(7)50(73)42(67)20-30(3)18-29(2)19-31(4)48(71)47-45(70)28-59(8)57(47)80/h19,29-30,32-44,46,49-56,60-69,71-79,81H,9-18,20-28H2,1-8H3/b31-19+,48-47-/t29-,30+,32+,33-,34-,35+,36+,37-,38+,39-,40+,41+,42+,43+,44-,46+,49-,50+,51+,52+,53+,54-,55-,56-,58-/m0/s1. The van der Waals surface area contributed by atoms with Gasteiger partial charge in [0, 0.05) is 44.1 Å².